The van der Waals surface area contributed by atoms with Crippen LogP contribution in [0, 0.1) is 0 Å². The normalized spacial score (nSPS) is 12.5. The zero-order valence-corrected chi connectivity index (χ0v) is 13.3. The number of hydrogen-bond donors (Lipinski definition) is 3. The van der Waals surface area contributed by atoms with Gasteiger partial charge in [-0.25, -0.2) is 4.79 Å². The Morgan fingerprint density at radius 2 is 1.50 bits per heavy atom. The molecule has 0 fully saturated rings. The third kappa shape index (κ3) is 3.46. The molecule has 0 aliphatic heterocycles. The Morgan fingerprint density at radius 3 is 2.08 bits per heavy atom. The smallest absolute Gasteiger partial charge is 0.405 e. The predicted octanol–water partition coefficient (Wildman–Crippen LogP) is 2.62. The van der Waals surface area contributed by atoms with Gasteiger partial charge in [0.15, 0.2) is 5.78 Å². The van der Waals surface area contributed by atoms with Crippen molar-refractivity contribution in [3.63, 3.8) is 0 Å². The van der Waals surface area contributed by atoms with E-state index >= 15 is 0 Å². The van der Waals surface area contributed by atoms with E-state index < -0.39 is 6.09 Å². The van der Waals surface area contributed by atoms with E-state index in [0.717, 1.165) is 6.42 Å². The van der Waals surface area contributed by atoms with Gasteiger partial charge in [0.25, 0.3) is 0 Å². The van der Waals surface area contributed by atoms with E-state index in [4.69, 9.17) is 5.11 Å². The van der Waals surface area contributed by atoms with E-state index in [-0.39, 0.29) is 18.9 Å². The molecule has 0 unspecified atom stereocenters. The molecule has 1 amide bonds. The zero-order valence-electron chi connectivity index (χ0n) is 13.3. The van der Waals surface area contributed by atoms with Crippen molar-refractivity contribution < 1.29 is 14.7 Å². The molecule has 0 radical (unpaired) electrons. The van der Waals surface area contributed by atoms with Crippen LogP contribution < -0.4 is 10.6 Å². The summed E-state index contributed by atoms with van der Waals surface area (Å²) in [5.41, 5.74) is 5.25. The molecule has 124 valence electrons. The number of carbonyl (C=O) groups excluding carboxylic acids is 1. The van der Waals surface area contributed by atoms with Gasteiger partial charge in [0.05, 0.1) is 13.1 Å². The van der Waals surface area contributed by atoms with Gasteiger partial charge < -0.3 is 15.7 Å². The molecule has 0 saturated heterocycles. The molecule has 3 N–H and O–H groups in total. The van der Waals surface area contributed by atoms with E-state index in [0.29, 0.717) is 12.5 Å². The average molecular weight is 324 g/mol. The van der Waals surface area contributed by atoms with Crippen LogP contribution in [0.25, 0.3) is 11.1 Å². The highest BCUT2D eigenvalue weighted by atomic mass is 16.4. The number of rotatable bonds is 7. The summed E-state index contributed by atoms with van der Waals surface area (Å²) in [5, 5.41) is 13.7. The number of hydrogen-bond acceptors (Lipinski definition) is 3. The number of fused-ring (bicyclic) bond motifs is 3. The molecule has 0 heterocycles. The van der Waals surface area contributed by atoms with Gasteiger partial charge in [-0.05, 0) is 35.2 Å². The number of carboxylic acid groups (broad SMARTS) is 1. The van der Waals surface area contributed by atoms with Gasteiger partial charge in [-0.2, -0.15) is 0 Å². The first kappa shape index (κ1) is 16.2. The van der Waals surface area contributed by atoms with E-state index in [1.165, 1.54) is 22.3 Å². The van der Waals surface area contributed by atoms with Crippen LogP contribution in [0.2, 0.25) is 0 Å². The van der Waals surface area contributed by atoms with Gasteiger partial charge in [-0.3, -0.25) is 4.79 Å². The maximum Gasteiger partial charge on any atom is 0.405 e. The minimum absolute atomic E-state index is 0.155. The SMILES string of the molecule is O=C(CNCCC1c2ccccc2-c2ccccc21)CNC(=O)O. The summed E-state index contributed by atoms with van der Waals surface area (Å²) < 4.78 is 0. The Morgan fingerprint density at radius 1 is 0.917 bits per heavy atom. The number of nitrogens with one attached hydrogen (secondary N) is 2. The fourth-order valence-electron chi connectivity index (χ4n) is 3.28. The highest BCUT2D eigenvalue weighted by Crippen LogP contribution is 2.45. The lowest BCUT2D eigenvalue weighted by atomic mass is 9.93. The second kappa shape index (κ2) is 7.27. The van der Waals surface area contributed by atoms with Crippen molar-refractivity contribution in [2.75, 3.05) is 19.6 Å². The number of carbonyl (C=O) groups is 2. The summed E-state index contributed by atoms with van der Waals surface area (Å²) in [6.07, 6.45) is -0.282. The molecule has 5 heteroatoms. The van der Waals surface area contributed by atoms with Gasteiger partial charge in [0, 0.05) is 5.92 Å². The Labute approximate surface area is 140 Å². The monoisotopic (exact) mass is 324 g/mol. The van der Waals surface area contributed by atoms with Gasteiger partial charge in [0.1, 0.15) is 0 Å². The first-order valence-corrected chi connectivity index (χ1v) is 8.04. The van der Waals surface area contributed by atoms with Gasteiger partial charge in [0.2, 0.25) is 0 Å². The van der Waals surface area contributed by atoms with Gasteiger partial charge in [-0.1, -0.05) is 48.5 Å². The first-order valence-electron chi connectivity index (χ1n) is 8.04. The van der Waals surface area contributed by atoms with Crippen molar-refractivity contribution in [3.8, 4) is 11.1 Å². The summed E-state index contributed by atoms with van der Waals surface area (Å²) in [5.74, 6) is 0.168. The summed E-state index contributed by atoms with van der Waals surface area (Å²) in [4.78, 5) is 21.9. The Kier molecular flexibility index (Phi) is 4.91. The van der Waals surface area contributed by atoms with Crippen molar-refractivity contribution in [3.05, 3.63) is 59.7 Å². The molecule has 1 aliphatic carbocycles. The molecule has 1 aliphatic rings. The summed E-state index contributed by atoms with van der Waals surface area (Å²) in [6.45, 7) is 0.722. The van der Waals surface area contributed by atoms with Crippen LogP contribution in [0.3, 0.4) is 0 Å². The summed E-state index contributed by atoms with van der Waals surface area (Å²) in [6, 6.07) is 16.9. The molecule has 2 aromatic carbocycles. The number of benzene rings is 2. The maximum absolute atomic E-state index is 11.6. The van der Waals surface area contributed by atoms with Crippen molar-refractivity contribution in [2.45, 2.75) is 12.3 Å². The van der Waals surface area contributed by atoms with Crippen LogP contribution in [-0.2, 0) is 4.79 Å². The molecular weight excluding hydrogens is 304 g/mol. The van der Waals surface area contributed by atoms with Crippen molar-refractivity contribution in [2.24, 2.45) is 0 Å². The second-order valence-corrected chi connectivity index (χ2v) is 5.89. The highest BCUT2D eigenvalue weighted by Gasteiger charge is 2.27. The quantitative estimate of drug-likeness (QED) is 0.684. The molecule has 24 heavy (non-hydrogen) atoms. The third-order valence-corrected chi connectivity index (χ3v) is 4.33. The van der Waals surface area contributed by atoms with E-state index in [1.807, 2.05) is 0 Å². The van der Waals surface area contributed by atoms with E-state index in [2.05, 4.69) is 59.2 Å². The molecule has 0 atom stereocenters. The van der Waals surface area contributed by atoms with Gasteiger partial charge >= 0.3 is 6.09 Å². The van der Waals surface area contributed by atoms with Crippen LogP contribution in [0.1, 0.15) is 23.5 Å². The second-order valence-electron chi connectivity index (χ2n) is 5.89. The maximum atomic E-state index is 11.6. The first-order chi connectivity index (χ1) is 11.7. The molecule has 2 aromatic rings. The van der Waals surface area contributed by atoms with Crippen LogP contribution in [0.4, 0.5) is 4.79 Å². The minimum Gasteiger partial charge on any atom is -0.465 e. The molecule has 3 rings (SSSR count). The van der Waals surface area contributed by atoms with E-state index in [9.17, 15) is 9.59 Å². The average Bonchev–Trinajstić information content (AvgIpc) is 2.91. The fourth-order valence-corrected chi connectivity index (χ4v) is 3.28. The fraction of sp³-hybridized carbons (Fsp3) is 0.263. The van der Waals surface area contributed by atoms with E-state index in [1.54, 1.807) is 0 Å². The van der Waals surface area contributed by atoms with Crippen LogP contribution in [-0.4, -0.2) is 36.6 Å². The topological polar surface area (TPSA) is 78.4 Å². The largest absolute Gasteiger partial charge is 0.465 e. The predicted molar refractivity (Wildman–Crippen MR) is 92.2 cm³/mol. The number of Topliss-reactive ketones (excluding diaryl/α,β-unsaturated/α-hetero) is 1. The number of amides is 1. The number of ketones is 1. The lowest BCUT2D eigenvalue weighted by Gasteiger charge is -2.14. The minimum atomic E-state index is -1.18. The van der Waals surface area contributed by atoms with Crippen LogP contribution in [0.5, 0.6) is 0 Å². The third-order valence-electron chi connectivity index (χ3n) is 4.33. The molecule has 0 bridgehead atoms. The highest BCUT2D eigenvalue weighted by molar-refractivity contribution is 5.85. The lowest BCUT2D eigenvalue weighted by Crippen LogP contribution is -2.34. The lowest BCUT2D eigenvalue weighted by molar-refractivity contribution is -0.117. The van der Waals surface area contributed by atoms with Crippen LogP contribution >= 0.6 is 0 Å². The molecule has 5 nitrogen and oxygen atoms in total. The molecule has 0 saturated carbocycles. The summed E-state index contributed by atoms with van der Waals surface area (Å²) >= 11 is 0. The van der Waals surface area contributed by atoms with Crippen LogP contribution in [0.15, 0.2) is 48.5 Å². The van der Waals surface area contributed by atoms with Crippen molar-refractivity contribution in [1.29, 1.82) is 0 Å². The summed E-state index contributed by atoms with van der Waals surface area (Å²) in [7, 11) is 0. The van der Waals surface area contributed by atoms with Gasteiger partial charge in [-0.15, -0.1) is 0 Å². The van der Waals surface area contributed by atoms with Crippen molar-refractivity contribution in [1.82, 2.24) is 10.6 Å². The zero-order chi connectivity index (χ0) is 16.9. The molecule has 0 aromatic heterocycles. The Bertz CT molecular complexity index is 712. The molecule has 0 spiro atoms. The standard InChI is InChI=1S/C19H20N2O3/c22-13(12-21-19(23)24)11-20-10-9-18-16-7-3-1-5-14(16)15-6-2-4-8-17(15)18/h1-8,18,20-21H,9-12H2,(H,23,24). The van der Waals surface area contributed by atoms with Crippen molar-refractivity contribution >= 4 is 11.9 Å². The Hall–Kier alpha value is -2.66. The Balaban J connectivity index is 1.58. The molecular formula is C19H20N2O3.